The molecule has 1 aliphatic heterocycles. The second kappa shape index (κ2) is 7.54. The highest BCUT2D eigenvalue weighted by molar-refractivity contribution is 7.96. The number of aromatic nitrogens is 2. The number of hydrogen-bond donors (Lipinski definition) is 6. The highest BCUT2D eigenvalue weighted by atomic mass is 32.1. The van der Waals surface area contributed by atoms with Gasteiger partial charge in [-0.15, -0.1) is 0 Å². The molecule has 0 spiro atoms. The zero-order chi connectivity index (χ0) is 19.7. The van der Waals surface area contributed by atoms with Gasteiger partial charge in [0.1, 0.15) is 12.2 Å². The van der Waals surface area contributed by atoms with Crippen molar-refractivity contribution in [2.75, 3.05) is 16.1 Å². The van der Waals surface area contributed by atoms with Gasteiger partial charge in [0.25, 0.3) is 5.24 Å². The van der Waals surface area contributed by atoms with E-state index >= 15 is 0 Å². The number of carbonyl (C=O) groups is 1. The van der Waals surface area contributed by atoms with E-state index in [1.165, 1.54) is 24.4 Å². The monoisotopic (exact) mass is 395 g/mol. The Balaban J connectivity index is 1.94. The van der Waals surface area contributed by atoms with Gasteiger partial charge in [-0.2, -0.15) is 4.98 Å². The Morgan fingerprint density at radius 2 is 1.93 bits per heavy atom. The van der Waals surface area contributed by atoms with Gasteiger partial charge >= 0.3 is 5.69 Å². The molecule has 12 heteroatoms. The van der Waals surface area contributed by atoms with Crippen LogP contribution in [0.1, 0.15) is 6.23 Å². The van der Waals surface area contributed by atoms with E-state index < -0.39 is 35.6 Å². The van der Waals surface area contributed by atoms with Crippen molar-refractivity contribution >= 4 is 35.1 Å². The number of nitrogen functional groups attached to an aromatic ring is 1. The maximum atomic E-state index is 12.1. The van der Waals surface area contributed by atoms with Gasteiger partial charge in [-0.3, -0.25) is 24.9 Å². The zero-order valence-electron chi connectivity index (χ0n) is 13.7. The van der Waals surface area contributed by atoms with E-state index in [4.69, 9.17) is 15.7 Å². The predicted octanol–water partition coefficient (Wildman–Crippen LogP) is -0.240. The van der Waals surface area contributed by atoms with Crippen molar-refractivity contribution in [2.24, 2.45) is 0 Å². The number of nitrogens with zero attached hydrogens (tertiary/aromatic N) is 3. The molecule has 6 N–H and O–H groups in total. The predicted molar refractivity (Wildman–Crippen MR) is 97.5 cm³/mol. The maximum absolute atomic E-state index is 12.1. The van der Waals surface area contributed by atoms with Gasteiger partial charge in [0.15, 0.2) is 18.3 Å². The van der Waals surface area contributed by atoms with Gasteiger partial charge < -0.3 is 20.7 Å². The number of anilines is 3. The van der Waals surface area contributed by atoms with Gasteiger partial charge in [-0.1, -0.05) is 12.6 Å². The lowest BCUT2D eigenvalue weighted by molar-refractivity contribution is -0.0376. The molecule has 1 fully saturated rings. The fraction of sp³-hybridized carbons (Fsp3) is 0.267. The van der Waals surface area contributed by atoms with Crippen LogP contribution in [-0.2, 0) is 4.74 Å². The van der Waals surface area contributed by atoms with Gasteiger partial charge in [0, 0.05) is 17.6 Å². The van der Waals surface area contributed by atoms with Crippen molar-refractivity contribution in [3.05, 3.63) is 47.0 Å². The minimum absolute atomic E-state index is 0.102. The van der Waals surface area contributed by atoms with Crippen molar-refractivity contribution in [1.82, 2.24) is 9.55 Å². The number of nitrogens with one attached hydrogen (secondary N) is 1. The number of rotatable bonds is 4. The van der Waals surface area contributed by atoms with E-state index in [2.05, 4.69) is 17.6 Å². The number of hydrogen-bond acceptors (Lipinski definition) is 9. The van der Waals surface area contributed by atoms with Gasteiger partial charge in [0.2, 0.25) is 0 Å². The SMILES string of the molecule is Nc1ccc(N(C(=O)S)[C@@H]2O[C@@H](n3ccc(NO)nc3=O)[C@H](O)[C@@H]2O)cc1. The first-order valence-electron chi connectivity index (χ1n) is 7.72. The van der Waals surface area contributed by atoms with Crippen LogP contribution >= 0.6 is 12.6 Å². The Labute approximate surface area is 158 Å². The summed E-state index contributed by atoms with van der Waals surface area (Å²) in [6.45, 7) is 0. The highest BCUT2D eigenvalue weighted by Crippen LogP contribution is 2.34. The third-order valence-electron chi connectivity index (χ3n) is 4.06. The third-order valence-corrected chi connectivity index (χ3v) is 4.28. The zero-order valence-corrected chi connectivity index (χ0v) is 14.6. The fourth-order valence-corrected chi connectivity index (χ4v) is 2.98. The summed E-state index contributed by atoms with van der Waals surface area (Å²) >= 11 is 3.81. The van der Waals surface area contributed by atoms with Crippen LogP contribution in [-0.4, -0.2) is 48.6 Å². The Morgan fingerprint density at radius 3 is 2.48 bits per heavy atom. The summed E-state index contributed by atoms with van der Waals surface area (Å²) in [5.41, 5.74) is 7.30. The van der Waals surface area contributed by atoms with E-state index in [-0.39, 0.29) is 5.82 Å². The van der Waals surface area contributed by atoms with Crippen LogP contribution in [0.4, 0.5) is 22.0 Å². The molecule has 1 aromatic carbocycles. The molecule has 3 rings (SSSR count). The molecular weight excluding hydrogens is 378 g/mol. The van der Waals surface area contributed by atoms with E-state index in [0.717, 1.165) is 9.47 Å². The van der Waals surface area contributed by atoms with Gasteiger partial charge in [0.05, 0.1) is 0 Å². The van der Waals surface area contributed by atoms with E-state index in [9.17, 15) is 19.8 Å². The van der Waals surface area contributed by atoms with E-state index in [1.54, 1.807) is 17.6 Å². The molecule has 1 aliphatic rings. The summed E-state index contributed by atoms with van der Waals surface area (Å²) in [5.74, 6) is -0.102. The van der Waals surface area contributed by atoms with Crippen LogP contribution in [0, 0.1) is 0 Å². The quantitative estimate of drug-likeness (QED) is 0.233. The molecule has 4 atom stereocenters. The first kappa shape index (κ1) is 19.1. The molecule has 1 saturated heterocycles. The van der Waals surface area contributed by atoms with Gasteiger partial charge in [-0.05, 0) is 30.3 Å². The number of carbonyl (C=O) groups excluding carboxylic acids is 1. The molecule has 2 aromatic rings. The lowest BCUT2D eigenvalue weighted by Crippen LogP contribution is -2.45. The molecule has 144 valence electrons. The first-order chi connectivity index (χ1) is 12.8. The van der Waals surface area contributed by atoms with Crippen LogP contribution in [0.25, 0.3) is 0 Å². The lowest BCUT2D eigenvalue weighted by atomic mass is 10.1. The Bertz CT molecular complexity index is 891. The fourth-order valence-electron chi connectivity index (χ4n) is 2.75. The van der Waals surface area contributed by atoms with Crippen LogP contribution in [0.5, 0.6) is 0 Å². The third kappa shape index (κ3) is 3.61. The number of thiol groups is 1. The Kier molecular flexibility index (Phi) is 5.34. The van der Waals surface area contributed by atoms with Crippen LogP contribution < -0.4 is 21.8 Å². The van der Waals surface area contributed by atoms with Crippen molar-refractivity contribution in [3.8, 4) is 0 Å². The largest absolute Gasteiger partial charge is 0.399 e. The summed E-state index contributed by atoms with van der Waals surface area (Å²) in [6.07, 6.45) is -4.49. The van der Waals surface area contributed by atoms with Crippen LogP contribution in [0.2, 0.25) is 0 Å². The molecule has 0 radical (unpaired) electrons. The van der Waals surface area contributed by atoms with Crippen LogP contribution in [0.15, 0.2) is 41.3 Å². The molecule has 27 heavy (non-hydrogen) atoms. The maximum Gasteiger partial charge on any atom is 0.351 e. The minimum Gasteiger partial charge on any atom is -0.399 e. The number of nitrogens with two attached hydrogens (primary N) is 1. The number of benzene rings is 1. The molecule has 0 saturated carbocycles. The minimum atomic E-state index is -1.54. The normalized spacial score (nSPS) is 24.6. The summed E-state index contributed by atoms with van der Waals surface area (Å²) in [6, 6.07) is 7.40. The molecule has 2 heterocycles. The Hall–Kier alpha value is -2.64. The first-order valence-corrected chi connectivity index (χ1v) is 8.17. The Morgan fingerprint density at radius 1 is 1.26 bits per heavy atom. The van der Waals surface area contributed by atoms with Crippen molar-refractivity contribution in [1.29, 1.82) is 0 Å². The topological polar surface area (TPSA) is 163 Å². The average molecular weight is 395 g/mol. The summed E-state index contributed by atoms with van der Waals surface area (Å²) in [5, 5.41) is 28.8. The molecule has 0 bridgehead atoms. The van der Waals surface area contributed by atoms with E-state index in [1.807, 2.05) is 0 Å². The molecule has 1 aromatic heterocycles. The molecular formula is C15H17N5O6S. The number of aliphatic hydroxyl groups excluding tert-OH is 2. The van der Waals surface area contributed by atoms with Crippen molar-refractivity contribution < 1.29 is 25.0 Å². The van der Waals surface area contributed by atoms with E-state index in [0.29, 0.717) is 11.4 Å². The molecule has 1 amide bonds. The highest BCUT2D eigenvalue weighted by Gasteiger charge is 2.48. The van der Waals surface area contributed by atoms with Crippen molar-refractivity contribution in [3.63, 3.8) is 0 Å². The van der Waals surface area contributed by atoms with Crippen molar-refractivity contribution in [2.45, 2.75) is 24.7 Å². The molecule has 11 nitrogen and oxygen atoms in total. The second-order valence-corrected chi connectivity index (χ2v) is 6.14. The number of ether oxygens (including phenoxy) is 1. The number of amides is 1. The smallest absolute Gasteiger partial charge is 0.351 e. The number of aliphatic hydroxyl groups is 2. The second-order valence-electron chi connectivity index (χ2n) is 5.76. The standard InChI is InChI=1S/C15H17N5O6S/c16-7-1-3-8(4-2-7)20(15(24)27)13-11(22)10(21)12(26-13)19-6-5-9(18-25)17-14(19)23/h1-6,10-13,21-22,25H,16H2,(H,24,27)(H,17,18,23)/t10-,11+,12-,13-/m1/s1. The average Bonchev–Trinajstić information content (AvgIpc) is 2.92. The van der Waals surface area contributed by atoms with Gasteiger partial charge in [-0.25, -0.2) is 4.79 Å². The molecule has 0 aliphatic carbocycles. The lowest BCUT2D eigenvalue weighted by Gasteiger charge is -2.28. The van der Waals surface area contributed by atoms with Crippen LogP contribution in [0.3, 0.4) is 0 Å². The summed E-state index contributed by atoms with van der Waals surface area (Å²) in [7, 11) is 0. The molecule has 0 unspecified atom stereocenters. The summed E-state index contributed by atoms with van der Waals surface area (Å²) < 4.78 is 6.53. The summed E-state index contributed by atoms with van der Waals surface area (Å²) in [4.78, 5) is 28.7.